The highest BCUT2D eigenvalue weighted by Crippen LogP contribution is 2.32. The van der Waals surface area contributed by atoms with Crippen molar-refractivity contribution in [1.82, 2.24) is 0 Å². The minimum absolute atomic E-state index is 0.148. The Bertz CT molecular complexity index is 936. The second-order valence-corrected chi connectivity index (χ2v) is 6.10. The van der Waals surface area contributed by atoms with Gasteiger partial charge in [-0.2, -0.15) is 0 Å². The molecule has 3 aromatic rings. The van der Waals surface area contributed by atoms with Crippen molar-refractivity contribution in [2.24, 2.45) is 0 Å². The van der Waals surface area contributed by atoms with Crippen LogP contribution < -0.4 is 0 Å². The van der Waals surface area contributed by atoms with Gasteiger partial charge in [-0.1, -0.05) is 36.4 Å². The van der Waals surface area contributed by atoms with Gasteiger partial charge in [0.2, 0.25) is 0 Å². The highest BCUT2D eigenvalue weighted by molar-refractivity contribution is 6.02. The third kappa shape index (κ3) is 2.24. The molecule has 1 aliphatic carbocycles. The number of rotatable bonds is 2. The first-order valence-corrected chi connectivity index (χ1v) is 7.66. The average Bonchev–Trinajstić information content (AvgIpc) is 2.56. The Balaban J connectivity index is 1.87. The molecule has 0 saturated heterocycles. The molecule has 0 amide bonds. The van der Waals surface area contributed by atoms with Crippen LogP contribution >= 0.6 is 0 Å². The standard InChI is InChI=1S/C20H14O4/c21-19(22)17-9-15-7-13-5-11-3-1-2-4-12(11)6-14(13)8-16(15)10-18(17)20(23)24/h1-6,9-10H,7-8H2,(H,21,22)(H,23,24). The molecule has 0 atom stereocenters. The second-order valence-electron chi connectivity index (χ2n) is 6.10. The molecule has 0 spiro atoms. The van der Waals surface area contributed by atoms with E-state index in [4.69, 9.17) is 0 Å². The van der Waals surface area contributed by atoms with E-state index < -0.39 is 11.9 Å². The van der Waals surface area contributed by atoms with E-state index in [0.717, 1.165) is 21.9 Å². The van der Waals surface area contributed by atoms with Crippen molar-refractivity contribution in [3.63, 3.8) is 0 Å². The lowest BCUT2D eigenvalue weighted by atomic mass is 9.82. The minimum Gasteiger partial charge on any atom is -0.478 e. The van der Waals surface area contributed by atoms with E-state index in [1.165, 1.54) is 23.3 Å². The van der Waals surface area contributed by atoms with Crippen LogP contribution in [0.5, 0.6) is 0 Å². The lowest BCUT2D eigenvalue weighted by Crippen LogP contribution is -2.14. The van der Waals surface area contributed by atoms with Crippen molar-refractivity contribution < 1.29 is 19.8 Å². The van der Waals surface area contributed by atoms with Gasteiger partial charge in [-0.25, -0.2) is 9.59 Å². The van der Waals surface area contributed by atoms with Crippen LogP contribution in [-0.2, 0) is 12.8 Å². The smallest absolute Gasteiger partial charge is 0.336 e. The van der Waals surface area contributed by atoms with Gasteiger partial charge < -0.3 is 10.2 Å². The normalized spacial score (nSPS) is 12.5. The number of aromatic carboxylic acids is 2. The van der Waals surface area contributed by atoms with E-state index in [0.29, 0.717) is 12.8 Å². The van der Waals surface area contributed by atoms with Crippen LogP contribution in [0.1, 0.15) is 43.0 Å². The Kier molecular flexibility index (Phi) is 3.13. The van der Waals surface area contributed by atoms with Gasteiger partial charge in [0, 0.05) is 0 Å². The molecule has 1 aliphatic rings. The molecule has 4 rings (SSSR count). The zero-order valence-corrected chi connectivity index (χ0v) is 12.7. The average molecular weight is 318 g/mol. The van der Waals surface area contributed by atoms with Gasteiger partial charge in [0.1, 0.15) is 0 Å². The van der Waals surface area contributed by atoms with Crippen LogP contribution in [0.4, 0.5) is 0 Å². The second kappa shape index (κ2) is 5.20. The predicted octanol–water partition coefficient (Wildman–Crippen LogP) is 3.73. The largest absolute Gasteiger partial charge is 0.478 e. The van der Waals surface area contributed by atoms with Crippen LogP contribution in [0.15, 0.2) is 48.5 Å². The zero-order valence-electron chi connectivity index (χ0n) is 12.7. The monoisotopic (exact) mass is 318 g/mol. The first-order chi connectivity index (χ1) is 11.5. The van der Waals surface area contributed by atoms with Crippen molar-refractivity contribution in [3.8, 4) is 0 Å². The van der Waals surface area contributed by atoms with Crippen LogP contribution in [-0.4, -0.2) is 22.2 Å². The van der Waals surface area contributed by atoms with Gasteiger partial charge in [0.05, 0.1) is 11.1 Å². The van der Waals surface area contributed by atoms with Gasteiger partial charge >= 0.3 is 11.9 Å². The summed E-state index contributed by atoms with van der Waals surface area (Å²) in [6.07, 6.45) is 1.24. The quantitative estimate of drug-likeness (QED) is 0.590. The number of fused-ring (bicyclic) bond motifs is 3. The molecule has 4 nitrogen and oxygen atoms in total. The van der Waals surface area contributed by atoms with E-state index in [1.54, 1.807) is 0 Å². The summed E-state index contributed by atoms with van der Waals surface area (Å²) < 4.78 is 0. The Morgan fingerprint density at radius 2 is 1.04 bits per heavy atom. The van der Waals surface area contributed by atoms with Crippen molar-refractivity contribution >= 4 is 22.7 Å². The fourth-order valence-electron chi connectivity index (χ4n) is 3.45. The highest BCUT2D eigenvalue weighted by Gasteiger charge is 2.23. The van der Waals surface area contributed by atoms with Crippen LogP contribution in [0, 0.1) is 0 Å². The van der Waals surface area contributed by atoms with Gasteiger partial charge in [-0.3, -0.25) is 0 Å². The van der Waals surface area contributed by atoms with Crippen molar-refractivity contribution in [1.29, 1.82) is 0 Å². The lowest BCUT2D eigenvalue weighted by molar-refractivity contribution is 0.0651. The van der Waals surface area contributed by atoms with Crippen molar-refractivity contribution in [2.75, 3.05) is 0 Å². The highest BCUT2D eigenvalue weighted by atomic mass is 16.4. The summed E-state index contributed by atoms with van der Waals surface area (Å²) in [6.45, 7) is 0. The molecule has 0 heterocycles. The van der Waals surface area contributed by atoms with E-state index >= 15 is 0 Å². The molecule has 0 saturated carbocycles. The summed E-state index contributed by atoms with van der Waals surface area (Å²) in [5.41, 5.74) is 3.82. The summed E-state index contributed by atoms with van der Waals surface area (Å²) in [5, 5.41) is 20.9. The molecular formula is C20H14O4. The molecule has 0 fully saturated rings. The first kappa shape index (κ1) is 14.5. The van der Waals surface area contributed by atoms with Crippen LogP contribution in [0.3, 0.4) is 0 Å². The maximum absolute atomic E-state index is 11.4. The molecule has 24 heavy (non-hydrogen) atoms. The predicted molar refractivity (Wildman–Crippen MR) is 89.9 cm³/mol. The maximum atomic E-state index is 11.4. The third-order valence-electron chi connectivity index (χ3n) is 4.63. The molecule has 3 aromatic carbocycles. The maximum Gasteiger partial charge on any atom is 0.336 e. The Hall–Kier alpha value is -3.14. The Morgan fingerprint density at radius 3 is 1.42 bits per heavy atom. The fourth-order valence-corrected chi connectivity index (χ4v) is 3.45. The first-order valence-electron chi connectivity index (χ1n) is 7.66. The molecule has 4 heteroatoms. The van der Waals surface area contributed by atoms with E-state index in [2.05, 4.69) is 24.3 Å². The zero-order chi connectivity index (χ0) is 16.8. The number of carboxylic acid groups (broad SMARTS) is 2. The van der Waals surface area contributed by atoms with Gasteiger partial charge in [-0.05, 0) is 58.0 Å². The fraction of sp³-hybridized carbons (Fsp3) is 0.100. The number of carbonyl (C=O) groups is 2. The molecular weight excluding hydrogens is 304 g/mol. The number of carboxylic acids is 2. The molecule has 0 aliphatic heterocycles. The van der Waals surface area contributed by atoms with Crippen LogP contribution in [0.2, 0.25) is 0 Å². The number of hydrogen-bond donors (Lipinski definition) is 2. The van der Waals surface area contributed by atoms with E-state index in [1.807, 2.05) is 12.1 Å². The minimum atomic E-state index is -1.21. The summed E-state index contributed by atoms with van der Waals surface area (Å²) in [6, 6.07) is 15.4. The van der Waals surface area contributed by atoms with Gasteiger partial charge in [0.15, 0.2) is 0 Å². The number of hydrogen-bond acceptors (Lipinski definition) is 2. The van der Waals surface area contributed by atoms with Gasteiger partial charge in [0.25, 0.3) is 0 Å². The summed E-state index contributed by atoms with van der Waals surface area (Å²) in [5.74, 6) is -2.42. The van der Waals surface area contributed by atoms with Crippen molar-refractivity contribution in [2.45, 2.75) is 12.8 Å². The lowest BCUT2D eigenvalue weighted by Gasteiger charge is -2.22. The Labute approximate surface area is 138 Å². The molecule has 2 N–H and O–H groups in total. The Morgan fingerprint density at radius 1 is 0.667 bits per heavy atom. The number of benzene rings is 3. The summed E-state index contributed by atoms with van der Waals surface area (Å²) in [7, 11) is 0. The van der Waals surface area contributed by atoms with Crippen molar-refractivity contribution in [3.05, 3.63) is 81.9 Å². The summed E-state index contributed by atoms with van der Waals surface area (Å²) >= 11 is 0. The summed E-state index contributed by atoms with van der Waals surface area (Å²) in [4.78, 5) is 22.7. The van der Waals surface area contributed by atoms with Crippen LogP contribution in [0.25, 0.3) is 10.8 Å². The van der Waals surface area contributed by atoms with E-state index in [9.17, 15) is 19.8 Å². The SMILES string of the molecule is O=C(O)c1cc2c(cc1C(=O)O)Cc1cc3ccccc3cc1C2. The van der Waals surface area contributed by atoms with E-state index in [-0.39, 0.29) is 11.1 Å². The molecule has 0 radical (unpaired) electrons. The topological polar surface area (TPSA) is 74.6 Å². The third-order valence-corrected chi connectivity index (χ3v) is 4.63. The molecule has 118 valence electrons. The molecule has 0 aromatic heterocycles. The molecule has 0 bridgehead atoms. The molecule has 0 unspecified atom stereocenters. The van der Waals surface area contributed by atoms with Gasteiger partial charge in [-0.15, -0.1) is 0 Å².